The number of nitrogens with one attached hydrogen (secondary N) is 3. The molecule has 3 aliphatic rings. The van der Waals surface area contributed by atoms with Crippen LogP contribution in [0.25, 0.3) is 10.9 Å². The summed E-state index contributed by atoms with van der Waals surface area (Å²) in [5.41, 5.74) is 8.34. The van der Waals surface area contributed by atoms with Gasteiger partial charge in [-0.15, -0.1) is 8.78 Å². The van der Waals surface area contributed by atoms with Gasteiger partial charge in [0.25, 0.3) is 5.91 Å². The van der Waals surface area contributed by atoms with E-state index in [1.165, 1.54) is 23.1 Å². The SMILES string of the molecule is NC(=O)[C@@H]1Cc2c([nH]c3ccccc23)CN1C(=O)C1CC(NC(=O)c2cccc3c2OC(F)(F)O3)CN1. The van der Waals surface area contributed by atoms with E-state index in [9.17, 15) is 23.2 Å². The first-order chi connectivity index (χ1) is 17.7. The summed E-state index contributed by atoms with van der Waals surface area (Å²) in [6.07, 6.45) is -3.30. The first-order valence-corrected chi connectivity index (χ1v) is 11.8. The molecule has 3 atom stereocenters. The zero-order valence-electron chi connectivity index (χ0n) is 19.4. The summed E-state index contributed by atoms with van der Waals surface area (Å²) in [4.78, 5) is 43.4. The zero-order valence-corrected chi connectivity index (χ0v) is 19.4. The van der Waals surface area contributed by atoms with E-state index in [4.69, 9.17) is 5.73 Å². The summed E-state index contributed by atoms with van der Waals surface area (Å²) in [7, 11) is 0. The van der Waals surface area contributed by atoms with Crippen molar-refractivity contribution in [3.8, 4) is 11.5 Å². The molecule has 0 bridgehead atoms. The number of benzene rings is 2. The van der Waals surface area contributed by atoms with Crippen LogP contribution in [-0.4, -0.2) is 58.6 Å². The van der Waals surface area contributed by atoms with Crippen molar-refractivity contribution in [3.05, 3.63) is 59.3 Å². The van der Waals surface area contributed by atoms with Crippen LogP contribution in [0.2, 0.25) is 0 Å². The fourth-order valence-electron chi connectivity index (χ4n) is 5.34. The van der Waals surface area contributed by atoms with Crippen molar-refractivity contribution in [1.29, 1.82) is 0 Å². The highest BCUT2D eigenvalue weighted by Crippen LogP contribution is 2.43. The van der Waals surface area contributed by atoms with Gasteiger partial charge in [-0.1, -0.05) is 24.3 Å². The van der Waals surface area contributed by atoms with Gasteiger partial charge in [-0.3, -0.25) is 14.4 Å². The average molecular weight is 511 g/mol. The molecule has 4 heterocycles. The lowest BCUT2D eigenvalue weighted by atomic mass is 9.95. The largest absolute Gasteiger partial charge is 0.586 e. The van der Waals surface area contributed by atoms with Gasteiger partial charge in [0.2, 0.25) is 11.8 Å². The van der Waals surface area contributed by atoms with Gasteiger partial charge in [0.15, 0.2) is 11.5 Å². The number of para-hydroxylation sites is 2. The number of fused-ring (bicyclic) bond motifs is 4. The average Bonchev–Trinajstić information content (AvgIpc) is 3.55. The Balaban J connectivity index is 1.16. The third-order valence-corrected chi connectivity index (χ3v) is 7.05. The summed E-state index contributed by atoms with van der Waals surface area (Å²) < 4.78 is 35.9. The summed E-state index contributed by atoms with van der Waals surface area (Å²) in [5.74, 6) is -2.09. The molecule has 10 nitrogen and oxygen atoms in total. The van der Waals surface area contributed by atoms with Crippen LogP contribution in [0, 0.1) is 0 Å². The Bertz CT molecular complexity index is 1440. The second-order valence-electron chi connectivity index (χ2n) is 9.38. The van der Waals surface area contributed by atoms with Crippen molar-refractivity contribution in [2.75, 3.05) is 6.54 Å². The lowest BCUT2D eigenvalue weighted by Gasteiger charge is -2.35. The van der Waals surface area contributed by atoms with Crippen LogP contribution in [0.4, 0.5) is 8.78 Å². The molecule has 12 heteroatoms. The van der Waals surface area contributed by atoms with Crippen LogP contribution in [-0.2, 0) is 22.6 Å². The second-order valence-corrected chi connectivity index (χ2v) is 9.38. The summed E-state index contributed by atoms with van der Waals surface area (Å²) >= 11 is 0. The molecular weight excluding hydrogens is 488 g/mol. The normalized spacial score (nSPS) is 23.6. The van der Waals surface area contributed by atoms with E-state index < -0.39 is 36.2 Å². The molecule has 5 N–H and O–H groups in total. The predicted octanol–water partition coefficient (Wildman–Crippen LogP) is 1.39. The Morgan fingerprint density at radius 2 is 1.92 bits per heavy atom. The van der Waals surface area contributed by atoms with Crippen LogP contribution in [0.15, 0.2) is 42.5 Å². The summed E-state index contributed by atoms with van der Waals surface area (Å²) in [6, 6.07) is 9.85. The third kappa shape index (κ3) is 4.02. The number of alkyl halides is 2. The predicted molar refractivity (Wildman–Crippen MR) is 126 cm³/mol. The molecule has 6 rings (SSSR count). The van der Waals surface area contributed by atoms with Crippen molar-refractivity contribution in [3.63, 3.8) is 0 Å². The molecule has 2 unspecified atom stereocenters. The number of amides is 3. The molecule has 192 valence electrons. The number of ether oxygens (including phenoxy) is 2. The topological polar surface area (TPSA) is 139 Å². The molecule has 2 aromatic carbocycles. The minimum absolute atomic E-state index is 0.0967. The monoisotopic (exact) mass is 511 g/mol. The van der Waals surface area contributed by atoms with E-state index in [0.29, 0.717) is 6.42 Å². The van der Waals surface area contributed by atoms with Gasteiger partial charge in [0, 0.05) is 35.6 Å². The third-order valence-electron chi connectivity index (χ3n) is 7.05. The van der Waals surface area contributed by atoms with Gasteiger partial charge in [-0.2, -0.15) is 0 Å². The molecule has 37 heavy (non-hydrogen) atoms. The number of aromatic amines is 1. The lowest BCUT2D eigenvalue weighted by molar-refractivity contribution is -0.286. The number of hydrogen-bond acceptors (Lipinski definition) is 6. The van der Waals surface area contributed by atoms with Crippen LogP contribution in [0.1, 0.15) is 28.0 Å². The van der Waals surface area contributed by atoms with Crippen LogP contribution < -0.4 is 25.8 Å². The number of H-pyrrole nitrogens is 1. The van der Waals surface area contributed by atoms with Crippen molar-refractivity contribution < 1.29 is 32.6 Å². The van der Waals surface area contributed by atoms with E-state index in [1.807, 2.05) is 24.3 Å². The number of halogens is 2. The molecule has 3 amide bonds. The highest BCUT2D eigenvalue weighted by Gasteiger charge is 2.46. The van der Waals surface area contributed by atoms with Gasteiger partial charge < -0.3 is 35.7 Å². The van der Waals surface area contributed by atoms with E-state index in [-0.39, 0.29) is 42.5 Å². The maximum atomic E-state index is 13.5. The smallest absolute Gasteiger partial charge is 0.395 e. The number of aromatic nitrogens is 1. The standard InChI is InChI=1S/C25H23F2N5O5/c26-25(27)36-20-7-3-5-14(21(20)37-25)23(34)30-12-8-17(29-10-12)24(35)32-11-18-15(9-19(32)22(28)33)13-4-1-2-6-16(13)31-18/h1-7,12,17,19,29,31H,8-11H2,(H2,28,33)(H,30,34)/t12?,17?,19-/m0/s1. The molecule has 0 radical (unpaired) electrons. The molecule has 0 saturated carbocycles. The molecule has 0 spiro atoms. The Kier molecular flexibility index (Phi) is 5.30. The lowest BCUT2D eigenvalue weighted by Crippen LogP contribution is -2.55. The van der Waals surface area contributed by atoms with Crippen molar-refractivity contribution >= 4 is 28.6 Å². The second kappa shape index (κ2) is 8.44. The van der Waals surface area contributed by atoms with Gasteiger partial charge in [0.1, 0.15) is 6.04 Å². The van der Waals surface area contributed by atoms with E-state index in [0.717, 1.165) is 22.2 Å². The van der Waals surface area contributed by atoms with Gasteiger partial charge in [-0.05, 0) is 30.2 Å². The minimum atomic E-state index is -3.85. The molecule has 3 aliphatic heterocycles. The van der Waals surface area contributed by atoms with Gasteiger partial charge >= 0.3 is 6.29 Å². The van der Waals surface area contributed by atoms with Crippen LogP contribution in [0.5, 0.6) is 11.5 Å². The fraction of sp³-hybridized carbons (Fsp3) is 0.320. The summed E-state index contributed by atoms with van der Waals surface area (Å²) in [6.45, 7) is 0.477. The quantitative estimate of drug-likeness (QED) is 0.418. The maximum absolute atomic E-state index is 13.5. The van der Waals surface area contributed by atoms with Gasteiger partial charge in [0.05, 0.1) is 18.2 Å². The van der Waals surface area contributed by atoms with E-state index >= 15 is 0 Å². The molecular formula is C25H23F2N5O5. The van der Waals surface area contributed by atoms with E-state index in [2.05, 4.69) is 25.1 Å². The molecule has 1 fully saturated rings. The van der Waals surface area contributed by atoms with Gasteiger partial charge in [-0.25, -0.2) is 0 Å². The number of nitrogens with two attached hydrogens (primary N) is 1. The minimum Gasteiger partial charge on any atom is -0.395 e. The van der Waals surface area contributed by atoms with Crippen molar-refractivity contribution in [2.45, 2.75) is 43.8 Å². The highest BCUT2D eigenvalue weighted by atomic mass is 19.3. The van der Waals surface area contributed by atoms with Crippen LogP contribution in [0.3, 0.4) is 0 Å². The first kappa shape index (κ1) is 23.2. The number of carbonyl (C=O) groups is 3. The Hall–Kier alpha value is -4.19. The van der Waals surface area contributed by atoms with Crippen LogP contribution >= 0.6 is 0 Å². The number of hydrogen-bond donors (Lipinski definition) is 4. The number of rotatable bonds is 4. The highest BCUT2D eigenvalue weighted by molar-refractivity contribution is 5.98. The molecule has 1 saturated heterocycles. The van der Waals surface area contributed by atoms with Crippen molar-refractivity contribution in [2.24, 2.45) is 5.73 Å². The molecule has 3 aromatic rings. The Morgan fingerprint density at radius 1 is 1.11 bits per heavy atom. The maximum Gasteiger partial charge on any atom is 0.586 e. The number of primary amides is 1. The molecule has 1 aromatic heterocycles. The number of nitrogens with zero attached hydrogens (tertiary/aromatic N) is 1. The Morgan fingerprint density at radius 3 is 2.73 bits per heavy atom. The van der Waals surface area contributed by atoms with Crippen molar-refractivity contribution in [1.82, 2.24) is 20.5 Å². The fourth-order valence-corrected chi connectivity index (χ4v) is 5.34. The zero-order chi connectivity index (χ0) is 25.9. The Labute approximate surface area is 209 Å². The first-order valence-electron chi connectivity index (χ1n) is 11.8. The summed E-state index contributed by atoms with van der Waals surface area (Å²) in [5, 5.41) is 6.85. The molecule has 0 aliphatic carbocycles. The van der Waals surface area contributed by atoms with E-state index in [1.54, 1.807) is 0 Å². The number of carbonyl (C=O) groups excluding carboxylic acids is 3.